The summed E-state index contributed by atoms with van der Waals surface area (Å²) in [6, 6.07) is 4.29. The zero-order chi connectivity index (χ0) is 10.7. The van der Waals surface area contributed by atoms with Crippen molar-refractivity contribution in [1.82, 2.24) is 0 Å². The lowest BCUT2D eigenvalue weighted by Crippen LogP contribution is -2.10. The Morgan fingerprint density at radius 3 is 2.86 bits per heavy atom. The highest BCUT2D eigenvalue weighted by Gasteiger charge is 2.15. The lowest BCUT2D eigenvalue weighted by atomic mass is 10.0. The molecule has 0 aliphatic rings. The van der Waals surface area contributed by atoms with Crippen molar-refractivity contribution in [2.75, 3.05) is 0 Å². The summed E-state index contributed by atoms with van der Waals surface area (Å²) in [5.41, 5.74) is 6.21. The van der Waals surface area contributed by atoms with Gasteiger partial charge in [0.2, 0.25) is 0 Å². The summed E-state index contributed by atoms with van der Waals surface area (Å²) in [5, 5.41) is 17.8. The molecule has 0 spiro atoms. The average molecular weight is 194 g/mol. The lowest BCUT2D eigenvalue weighted by Gasteiger charge is -2.11. The van der Waals surface area contributed by atoms with Crippen LogP contribution in [0.4, 0.5) is 4.39 Å². The summed E-state index contributed by atoms with van der Waals surface area (Å²) < 4.78 is 13.2. The number of nitriles is 1. The first kappa shape index (κ1) is 10.5. The van der Waals surface area contributed by atoms with E-state index in [0.717, 1.165) is 0 Å². The summed E-state index contributed by atoms with van der Waals surface area (Å²) in [5.74, 6) is -1.12. The van der Waals surface area contributed by atoms with Gasteiger partial charge in [0.15, 0.2) is 11.6 Å². The Hall–Kier alpha value is -1.60. The number of aryl methyl sites for hydroxylation is 1. The van der Waals surface area contributed by atoms with E-state index >= 15 is 0 Å². The predicted octanol–water partition coefficient (Wildman–Crippen LogP) is 1.75. The Morgan fingerprint density at radius 2 is 2.29 bits per heavy atom. The van der Waals surface area contributed by atoms with Crippen LogP contribution in [0.1, 0.15) is 23.6 Å². The molecule has 1 atom stereocenters. The number of aromatic hydroxyl groups is 1. The zero-order valence-electron chi connectivity index (χ0n) is 7.79. The molecule has 0 bridgehead atoms. The highest BCUT2D eigenvalue weighted by molar-refractivity contribution is 5.39. The average Bonchev–Trinajstić information content (AvgIpc) is 2.15. The first-order valence-corrected chi connectivity index (χ1v) is 4.18. The van der Waals surface area contributed by atoms with E-state index < -0.39 is 17.6 Å². The molecule has 0 amide bonds. The van der Waals surface area contributed by atoms with E-state index in [0.29, 0.717) is 5.56 Å². The standard InChI is InChI=1S/C10H11FN2O/c1-6-2-3-7(8(13)4-5-12)10(14)9(6)11/h2-3,8,14H,4,13H2,1H3/t8-/m0/s1. The summed E-state index contributed by atoms with van der Waals surface area (Å²) in [4.78, 5) is 0. The molecule has 0 aliphatic heterocycles. The minimum absolute atomic E-state index is 0.0516. The van der Waals surface area contributed by atoms with E-state index in [-0.39, 0.29) is 12.0 Å². The largest absolute Gasteiger partial charge is 0.505 e. The van der Waals surface area contributed by atoms with Crippen LogP contribution in [0.5, 0.6) is 5.75 Å². The van der Waals surface area contributed by atoms with E-state index in [1.807, 2.05) is 6.07 Å². The summed E-state index contributed by atoms with van der Waals surface area (Å²) in [7, 11) is 0. The molecule has 74 valence electrons. The first-order valence-electron chi connectivity index (χ1n) is 4.18. The maximum absolute atomic E-state index is 13.2. The van der Waals surface area contributed by atoms with Crippen LogP contribution in [-0.4, -0.2) is 5.11 Å². The number of nitrogens with two attached hydrogens (primary N) is 1. The van der Waals surface area contributed by atoms with E-state index in [9.17, 15) is 9.50 Å². The molecule has 1 aromatic carbocycles. The Bertz CT molecular complexity index is 384. The monoisotopic (exact) mass is 194 g/mol. The molecule has 14 heavy (non-hydrogen) atoms. The molecule has 3 N–H and O–H groups in total. The van der Waals surface area contributed by atoms with Gasteiger partial charge in [0.1, 0.15) is 0 Å². The van der Waals surface area contributed by atoms with E-state index in [1.54, 1.807) is 6.92 Å². The number of rotatable bonds is 2. The van der Waals surface area contributed by atoms with Gasteiger partial charge in [-0.1, -0.05) is 12.1 Å². The van der Waals surface area contributed by atoms with Crippen LogP contribution in [0, 0.1) is 24.1 Å². The number of nitrogens with zero attached hydrogens (tertiary/aromatic N) is 1. The highest BCUT2D eigenvalue weighted by Crippen LogP contribution is 2.29. The van der Waals surface area contributed by atoms with Crippen molar-refractivity contribution in [2.24, 2.45) is 5.73 Å². The maximum Gasteiger partial charge on any atom is 0.168 e. The molecule has 3 nitrogen and oxygen atoms in total. The molecular weight excluding hydrogens is 183 g/mol. The lowest BCUT2D eigenvalue weighted by molar-refractivity contribution is 0.418. The van der Waals surface area contributed by atoms with Crippen molar-refractivity contribution in [3.63, 3.8) is 0 Å². The fourth-order valence-electron chi connectivity index (χ4n) is 1.19. The van der Waals surface area contributed by atoms with Crippen molar-refractivity contribution in [2.45, 2.75) is 19.4 Å². The molecule has 0 aliphatic carbocycles. The van der Waals surface area contributed by atoms with Gasteiger partial charge in [0.05, 0.1) is 12.5 Å². The molecule has 0 saturated carbocycles. The molecule has 0 aromatic heterocycles. The van der Waals surface area contributed by atoms with Gasteiger partial charge >= 0.3 is 0 Å². The SMILES string of the molecule is Cc1ccc([C@@H](N)CC#N)c(O)c1F. The minimum Gasteiger partial charge on any atom is -0.505 e. The van der Waals surface area contributed by atoms with Gasteiger partial charge in [0.25, 0.3) is 0 Å². The van der Waals surface area contributed by atoms with Crippen molar-refractivity contribution in [1.29, 1.82) is 5.26 Å². The Balaban J connectivity index is 3.12. The number of phenolic OH excluding ortho intramolecular Hbond substituents is 1. The maximum atomic E-state index is 13.2. The van der Waals surface area contributed by atoms with Gasteiger partial charge in [-0.05, 0) is 12.5 Å². The van der Waals surface area contributed by atoms with Gasteiger partial charge < -0.3 is 10.8 Å². The molecule has 0 unspecified atom stereocenters. The van der Waals surface area contributed by atoms with Gasteiger partial charge in [-0.2, -0.15) is 5.26 Å². The van der Waals surface area contributed by atoms with Crippen LogP contribution in [0.25, 0.3) is 0 Å². The molecule has 0 heterocycles. The van der Waals surface area contributed by atoms with Crippen LogP contribution in [0.15, 0.2) is 12.1 Å². The van der Waals surface area contributed by atoms with Crippen LogP contribution in [0.3, 0.4) is 0 Å². The summed E-state index contributed by atoms with van der Waals surface area (Å²) in [6.45, 7) is 1.55. The predicted molar refractivity (Wildman–Crippen MR) is 50.0 cm³/mol. The quantitative estimate of drug-likeness (QED) is 0.753. The summed E-state index contributed by atoms with van der Waals surface area (Å²) in [6.07, 6.45) is 0.0516. The van der Waals surface area contributed by atoms with Crippen LogP contribution in [0.2, 0.25) is 0 Å². The molecule has 0 fully saturated rings. The molecule has 0 saturated heterocycles. The van der Waals surface area contributed by atoms with Crippen molar-refractivity contribution < 1.29 is 9.50 Å². The third-order valence-corrected chi connectivity index (χ3v) is 2.05. The second-order valence-corrected chi connectivity index (χ2v) is 3.10. The van der Waals surface area contributed by atoms with E-state index in [2.05, 4.69) is 0 Å². The van der Waals surface area contributed by atoms with Crippen molar-refractivity contribution in [3.05, 3.63) is 29.1 Å². The Kier molecular flexibility index (Phi) is 3.05. The number of hydrogen-bond donors (Lipinski definition) is 2. The van der Waals surface area contributed by atoms with E-state index in [4.69, 9.17) is 11.0 Å². The van der Waals surface area contributed by atoms with Crippen LogP contribution in [-0.2, 0) is 0 Å². The van der Waals surface area contributed by atoms with Gasteiger partial charge in [-0.15, -0.1) is 0 Å². The minimum atomic E-state index is -0.670. The van der Waals surface area contributed by atoms with Crippen LogP contribution >= 0.6 is 0 Å². The van der Waals surface area contributed by atoms with Gasteiger partial charge in [-0.3, -0.25) is 0 Å². The molecule has 4 heteroatoms. The molecule has 1 rings (SSSR count). The number of halogens is 1. The van der Waals surface area contributed by atoms with Gasteiger partial charge in [0, 0.05) is 11.6 Å². The smallest absolute Gasteiger partial charge is 0.168 e. The summed E-state index contributed by atoms with van der Waals surface area (Å²) >= 11 is 0. The second-order valence-electron chi connectivity index (χ2n) is 3.10. The number of hydrogen-bond acceptors (Lipinski definition) is 3. The topological polar surface area (TPSA) is 70.0 Å². The fraction of sp³-hybridized carbons (Fsp3) is 0.300. The molecule has 1 aromatic rings. The third kappa shape index (κ3) is 1.83. The van der Waals surface area contributed by atoms with Crippen LogP contribution < -0.4 is 5.73 Å². The number of phenols is 1. The van der Waals surface area contributed by atoms with E-state index in [1.165, 1.54) is 12.1 Å². The second kappa shape index (κ2) is 4.07. The first-order chi connectivity index (χ1) is 6.57. The fourth-order valence-corrected chi connectivity index (χ4v) is 1.19. The van der Waals surface area contributed by atoms with Gasteiger partial charge in [-0.25, -0.2) is 4.39 Å². The van der Waals surface area contributed by atoms with Crippen molar-refractivity contribution >= 4 is 0 Å². The zero-order valence-corrected chi connectivity index (χ0v) is 7.79. The Labute approximate surface area is 81.6 Å². The Morgan fingerprint density at radius 1 is 1.64 bits per heavy atom. The number of benzene rings is 1. The molecule has 0 radical (unpaired) electrons. The van der Waals surface area contributed by atoms with Crippen molar-refractivity contribution in [3.8, 4) is 11.8 Å². The normalized spacial score (nSPS) is 12.1. The third-order valence-electron chi connectivity index (χ3n) is 2.05. The highest BCUT2D eigenvalue weighted by atomic mass is 19.1. The molecular formula is C10H11FN2O.